The van der Waals surface area contributed by atoms with Crippen molar-refractivity contribution in [2.75, 3.05) is 34.5 Å². The van der Waals surface area contributed by atoms with Crippen LogP contribution in [0.25, 0.3) is 44.2 Å². The topological polar surface area (TPSA) is 193 Å². The van der Waals surface area contributed by atoms with Crippen molar-refractivity contribution in [1.29, 1.82) is 0 Å². The minimum atomic E-state index is -0.809. The van der Waals surface area contributed by atoms with Gasteiger partial charge in [-0.1, -0.05) is 56.4 Å². The molecule has 3 aliphatic heterocycles. The molecular weight excluding hydrogens is 829 g/mol. The number of allylic oxidation sites excluding steroid dienone is 3. The molecule has 5 heterocycles. The molecule has 2 saturated heterocycles. The number of alkyl carbamates (subject to hydrolysis) is 2. The van der Waals surface area contributed by atoms with E-state index in [-0.39, 0.29) is 47.7 Å². The maximum atomic E-state index is 14.4. The van der Waals surface area contributed by atoms with Crippen LogP contribution in [0.2, 0.25) is 0 Å². The van der Waals surface area contributed by atoms with Gasteiger partial charge in [-0.05, 0) is 84.9 Å². The van der Waals surface area contributed by atoms with Crippen LogP contribution in [0.5, 0.6) is 5.75 Å². The van der Waals surface area contributed by atoms with Crippen LogP contribution in [0, 0.1) is 17.8 Å². The third kappa shape index (κ3) is 8.31. The third-order valence-electron chi connectivity index (χ3n) is 13.5. The minimum absolute atomic E-state index is 0.0325. The van der Waals surface area contributed by atoms with Gasteiger partial charge in [0, 0.05) is 42.5 Å². The molecule has 340 valence electrons. The number of rotatable bonds is 11. The Balaban J connectivity index is 0.969. The fraction of sp³-hybridized carbons (Fsp3) is 0.429. The van der Waals surface area contributed by atoms with E-state index in [0.717, 1.165) is 68.3 Å². The minimum Gasteiger partial charge on any atom is -0.488 e. The van der Waals surface area contributed by atoms with Crippen molar-refractivity contribution in [3.05, 3.63) is 90.2 Å². The first-order chi connectivity index (χ1) is 31.5. The fourth-order valence-corrected chi connectivity index (χ4v) is 10.1. The van der Waals surface area contributed by atoms with Crippen molar-refractivity contribution in [3.8, 4) is 28.1 Å². The first kappa shape index (κ1) is 43.6. The zero-order valence-corrected chi connectivity index (χ0v) is 37.6. The lowest BCUT2D eigenvalue weighted by Gasteiger charge is -2.32. The molecule has 16 heteroatoms. The van der Waals surface area contributed by atoms with Crippen LogP contribution >= 0.6 is 0 Å². The number of methoxy groups -OCH3 is 3. The lowest BCUT2D eigenvalue weighted by atomic mass is 9.91. The summed E-state index contributed by atoms with van der Waals surface area (Å²) in [5, 5.41) is 7.49. The molecule has 2 fully saturated rings. The first-order valence-corrected chi connectivity index (χ1v) is 22.4. The number of nitrogens with one attached hydrogen (secondary N) is 4. The molecule has 0 radical (unpaired) electrons. The van der Waals surface area contributed by atoms with E-state index in [1.807, 2.05) is 60.9 Å². The summed E-state index contributed by atoms with van der Waals surface area (Å²) in [5.41, 5.74) is 6.49. The number of ether oxygens (including phenoxy) is 4. The standard InChI is InChI=1S/C49H56N8O8/c1-26(2)41(54-48(60)63-5)47(59)57-27(3)12-17-38(57)45-51-36-16-14-30-20-35-33-15-13-31(19-32(33)25-65-40(35)21-34(30)43(36)53-45)37-22-50-44(52-37)39-18-28(24-62-4)23-56(39)46(58)42(55-49(61)64-6)29-10-8-7-9-11-29/h7-10,13-16,19-22,26-29,38-39,41-42H,11-12,17-18,23-25H2,1-6H3,(H,50,52)(H,51,53)(H,54,60)(H,55,61)/t27-,28-,29?,38-,39-,41-,42+/m0/s1. The molecular formula is C49H56N8O8. The van der Waals surface area contributed by atoms with E-state index in [2.05, 4.69) is 57.0 Å². The van der Waals surface area contributed by atoms with E-state index < -0.39 is 24.3 Å². The summed E-state index contributed by atoms with van der Waals surface area (Å²) in [6.45, 7) is 7.16. The maximum absolute atomic E-state index is 14.4. The number of aromatic nitrogens is 4. The van der Waals surface area contributed by atoms with E-state index in [1.165, 1.54) is 14.2 Å². The number of carbonyl (C=O) groups excluding carboxylic acids is 4. The Kier molecular flexibility index (Phi) is 12.1. The normalized spacial score (nSPS) is 22.1. The Morgan fingerprint density at radius 3 is 2.48 bits per heavy atom. The van der Waals surface area contributed by atoms with Crippen LogP contribution in [0.3, 0.4) is 0 Å². The highest BCUT2D eigenvalue weighted by Gasteiger charge is 2.43. The highest BCUT2D eigenvalue weighted by Crippen LogP contribution is 2.44. The van der Waals surface area contributed by atoms with E-state index in [0.29, 0.717) is 44.2 Å². The number of benzene rings is 3. The monoisotopic (exact) mass is 884 g/mol. The molecule has 3 aromatic carbocycles. The molecule has 0 bridgehead atoms. The van der Waals surface area contributed by atoms with Gasteiger partial charge in [0.25, 0.3) is 0 Å². The Bertz CT molecular complexity index is 2700. The molecule has 7 atom stereocenters. The molecule has 1 aliphatic carbocycles. The summed E-state index contributed by atoms with van der Waals surface area (Å²) >= 11 is 0. The highest BCUT2D eigenvalue weighted by molar-refractivity contribution is 6.07. The summed E-state index contributed by atoms with van der Waals surface area (Å²) < 4.78 is 21.7. The largest absolute Gasteiger partial charge is 0.488 e. The molecule has 9 rings (SSSR count). The van der Waals surface area contributed by atoms with Crippen LogP contribution in [-0.4, -0.2) is 106 Å². The van der Waals surface area contributed by atoms with Gasteiger partial charge in [-0.15, -0.1) is 0 Å². The smallest absolute Gasteiger partial charge is 0.407 e. The second kappa shape index (κ2) is 18.1. The van der Waals surface area contributed by atoms with Crippen molar-refractivity contribution in [2.45, 2.75) is 83.3 Å². The van der Waals surface area contributed by atoms with Gasteiger partial charge in [-0.2, -0.15) is 0 Å². The fourth-order valence-electron chi connectivity index (χ4n) is 10.1. The Morgan fingerprint density at radius 2 is 1.72 bits per heavy atom. The molecule has 65 heavy (non-hydrogen) atoms. The molecule has 4 amide bonds. The van der Waals surface area contributed by atoms with E-state index in [1.54, 1.807) is 13.3 Å². The number of likely N-dealkylation sites (tertiary alicyclic amines) is 2. The van der Waals surface area contributed by atoms with Crippen molar-refractivity contribution < 1.29 is 38.1 Å². The van der Waals surface area contributed by atoms with Crippen LogP contribution in [0.15, 0.2) is 73.0 Å². The van der Waals surface area contributed by atoms with Gasteiger partial charge < -0.3 is 49.3 Å². The summed E-state index contributed by atoms with van der Waals surface area (Å²) in [7, 11) is 4.25. The van der Waals surface area contributed by atoms with Crippen molar-refractivity contribution in [1.82, 2.24) is 40.4 Å². The number of hydrogen-bond donors (Lipinski definition) is 4. The lowest BCUT2D eigenvalue weighted by Crippen LogP contribution is -2.52. The number of aromatic amines is 2. The first-order valence-electron chi connectivity index (χ1n) is 22.4. The summed E-state index contributed by atoms with van der Waals surface area (Å²) in [6.07, 6.45) is 11.1. The second-order valence-electron chi connectivity index (χ2n) is 17.9. The Labute approximate surface area is 377 Å². The molecule has 2 aromatic heterocycles. The third-order valence-corrected chi connectivity index (χ3v) is 13.5. The molecule has 1 unspecified atom stereocenters. The van der Waals surface area contributed by atoms with Gasteiger partial charge in [-0.3, -0.25) is 9.59 Å². The summed E-state index contributed by atoms with van der Waals surface area (Å²) in [5.74, 6) is 1.51. The highest BCUT2D eigenvalue weighted by atomic mass is 16.5. The van der Waals surface area contributed by atoms with Gasteiger partial charge in [-0.25, -0.2) is 19.6 Å². The summed E-state index contributed by atoms with van der Waals surface area (Å²) in [6, 6.07) is 12.4. The average molecular weight is 885 g/mol. The number of amides is 4. The predicted molar refractivity (Wildman–Crippen MR) is 244 cm³/mol. The zero-order chi connectivity index (χ0) is 45.5. The van der Waals surface area contributed by atoms with Gasteiger partial charge in [0.2, 0.25) is 11.8 Å². The van der Waals surface area contributed by atoms with Gasteiger partial charge in [0.1, 0.15) is 36.1 Å². The van der Waals surface area contributed by atoms with Crippen LogP contribution in [0.1, 0.15) is 75.8 Å². The van der Waals surface area contributed by atoms with Crippen LogP contribution < -0.4 is 15.4 Å². The quantitative estimate of drug-likeness (QED) is 0.103. The molecule has 0 spiro atoms. The Hall–Kier alpha value is -6.68. The van der Waals surface area contributed by atoms with Crippen LogP contribution in [-0.2, 0) is 30.4 Å². The predicted octanol–water partition coefficient (Wildman–Crippen LogP) is 7.49. The van der Waals surface area contributed by atoms with E-state index in [4.69, 9.17) is 28.9 Å². The average Bonchev–Trinajstić information content (AvgIpc) is 4.15. The zero-order valence-electron chi connectivity index (χ0n) is 37.6. The van der Waals surface area contributed by atoms with Gasteiger partial charge >= 0.3 is 12.2 Å². The molecule has 4 N–H and O–H groups in total. The SMILES string of the molecule is COC[C@H]1C[C@@H](c2ncc(-c3ccc4c(c3)COc3cc5c(ccc6[nH]c([C@@H]7CC[C@H](C)N7C(=O)[C@@H](NC(=O)OC)C(C)C)nc65)cc3-4)[nH]2)N(C(=O)[C@H](NC(=O)OC)C2C=CC=CC2)C1. The van der Waals surface area contributed by atoms with Gasteiger partial charge in [0.05, 0.1) is 55.8 Å². The molecule has 16 nitrogen and oxygen atoms in total. The Morgan fingerprint density at radius 1 is 0.908 bits per heavy atom. The van der Waals surface area contributed by atoms with Crippen molar-refractivity contribution >= 4 is 45.8 Å². The van der Waals surface area contributed by atoms with Crippen molar-refractivity contribution in [3.63, 3.8) is 0 Å². The van der Waals surface area contributed by atoms with Crippen molar-refractivity contribution in [2.24, 2.45) is 17.8 Å². The number of H-pyrrole nitrogens is 2. The number of fused-ring (bicyclic) bond motifs is 6. The number of imidazole rings is 2. The number of nitrogens with zero attached hydrogens (tertiary/aromatic N) is 4. The van der Waals surface area contributed by atoms with Gasteiger partial charge in [0.15, 0.2) is 0 Å². The van der Waals surface area contributed by atoms with E-state index >= 15 is 0 Å². The summed E-state index contributed by atoms with van der Waals surface area (Å²) in [4.78, 5) is 73.7. The molecule has 5 aromatic rings. The van der Waals surface area contributed by atoms with Crippen LogP contribution in [0.4, 0.5) is 9.59 Å². The number of hydrogen-bond acceptors (Lipinski definition) is 10. The number of carbonyl (C=O) groups is 4. The second-order valence-corrected chi connectivity index (χ2v) is 17.9. The lowest BCUT2D eigenvalue weighted by molar-refractivity contribution is -0.137. The molecule has 4 aliphatic rings. The molecule has 0 saturated carbocycles. The maximum Gasteiger partial charge on any atom is 0.407 e. The van der Waals surface area contributed by atoms with E-state index in [9.17, 15) is 19.2 Å².